The molecule has 2 heterocycles. The molecule has 8 nitrogen and oxygen atoms in total. The van der Waals surface area contributed by atoms with E-state index in [0.717, 1.165) is 5.56 Å². The third kappa shape index (κ3) is 3.31. The molecule has 8 heteroatoms. The van der Waals surface area contributed by atoms with Gasteiger partial charge in [-0.1, -0.05) is 0 Å². The standard InChI is InChI=1S/C12H13N5O3/c1-20-12-4-8(2-3-14-12)7-15-11-6-9(17(18)19)5-10(13)16-11/h2-6H,7H2,1H3,(H3,13,15,16). The fourth-order valence-electron chi connectivity index (χ4n) is 1.60. The minimum atomic E-state index is -0.515. The van der Waals surface area contributed by atoms with Crippen molar-refractivity contribution in [3.05, 3.63) is 46.1 Å². The number of hydrogen-bond acceptors (Lipinski definition) is 7. The van der Waals surface area contributed by atoms with E-state index in [4.69, 9.17) is 10.5 Å². The number of anilines is 2. The molecule has 0 radical (unpaired) electrons. The highest BCUT2D eigenvalue weighted by Crippen LogP contribution is 2.19. The van der Waals surface area contributed by atoms with Gasteiger partial charge in [-0.2, -0.15) is 0 Å². The molecular weight excluding hydrogens is 262 g/mol. The molecule has 0 amide bonds. The quantitative estimate of drug-likeness (QED) is 0.628. The second kappa shape index (κ2) is 5.83. The van der Waals surface area contributed by atoms with E-state index >= 15 is 0 Å². The molecule has 0 atom stereocenters. The molecule has 0 fully saturated rings. The van der Waals surface area contributed by atoms with Crippen LogP contribution in [0.15, 0.2) is 30.5 Å². The topological polar surface area (TPSA) is 116 Å². The van der Waals surface area contributed by atoms with Gasteiger partial charge in [0, 0.05) is 18.8 Å². The third-order valence-corrected chi connectivity index (χ3v) is 2.52. The van der Waals surface area contributed by atoms with Gasteiger partial charge in [-0.25, -0.2) is 9.97 Å². The fraction of sp³-hybridized carbons (Fsp3) is 0.167. The maximum absolute atomic E-state index is 10.7. The molecule has 2 aromatic heterocycles. The van der Waals surface area contributed by atoms with Gasteiger partial charge in [-0.3, -0.25) is 10.1 Å². The van der Waals surface area contributed by atoms with Crippen molar-refractivity contribution in [1.29, 1.82) is 0 Å². The number of nitrogens with two attached hydrogens (primary N) is 1. The first kappa shape index (κ1) is 13.5. The van der Waals surface area contributed by atoms with Crippen molar-refractivity contribution in [2.75, 3.05) is 18.2 Å². The number of pyridine rings is 2. The summed E-state index contributed by atoms with van der Waals surface area (Å²) in [5, 5.41) is 13.7. The van der Waals surface area contributed by atoms with Gasteiger partial charge in [-0.05, 0) is 11.6 Å². The maximum atomic E-state index is 10.7. The van der Waals surface area contributed by atoms with Crippen LogP contribution in [0.1, 0.15) is 5.56 Å². The minimum Gasteiger partial charge on any atom is -0.481 e. The Bertz CT molecular complexity index is 632. The SMILES string of the molecule is COc1cc(CNc2cc([N+](=O)[O-])cc(N)n2)ccn1. The molecule has 2 rings (SSSR count). The average Bonchev–Trinajstić information content (AvgIpc) is 2.44. The molecule has 0 saturated heterocycles. The highest BCUT2D eigenvalue weighted by atomic mass is 16.6. The first-order valence-electron chi connectivity index (χ1n) is 5.73. The Hall–Kier alpha value is -2.90. The average molecular weight is 275 g/mol. The van der Waals surface area contributed by atoms with Crippen LogP contribution in [0.2, 0.25) is 0 Å². The number of hydrogen-bond donors (Lipinski definition) is 2. The predicted octanol–water partition coefficient (Wildman–Crippen LogP) is 1.59. The number of nitro groups is 1. The maximum Gasteiger partial charge on any atom is 0.276 e. The Morgan fingerprint density at radius 3 is 2.95 bits per heavy atom. The van der Waals surface area contributed by atoms with Crippen LogP contribution in [0.25, 0.3) is 0 Å². The first-order chi connectivity index (χ1) is 9.58. The molecular formula is C12H13N5O3. The number of methoxy groups -OCH3 is 1. The Morgan fingerprint density at radius 1 is 1.45 bits per heavy atom. The second-order valence-corrected chi connectivity index (χ2v) is 3.95. The number of nitrogens with one attached hydrogen (secondary N) is 1. The van der Waals surface area contributed by atoms with Crippen LogP contribution in [-0.2, 0) is 6.54 Å². The molecule has 0 saturated carbocycles. The van der Waals surface area contributed by atoms with Crippen molar-refractivity contribution in [3.63, 3.8) is 0 Å². The molecule has 0 aliphatic carbocycles. The van der Waals surface area contributed by atoms with Gasteiger partial charge in [0.05, 0.1) is 24.2 Å². The van der Waals surface area contributed by atoms with E-state index < -0.39 is 4.92 Å². The van der Waals surface area contributed by atoms with Crippen LogP contribution >= 0.6 is 0 Å². The first-order valence-corrected chi connectivity index (χ1v) is 5.73. The van der Waals surface area contributed by atoms with Crippen molar-refractivity contribution in [3.8, 4) is 5.88 Å². The molecule has 0 aliphatic rings. The van der Waals surface area contributed by atoms with Crippen molar-refractivity contribution in [2.24, 2.45) is 0 Å². The molecule has 0 aromatic carbocycles. The van der Waals surface area contributed by atoms with E-state index in [2.05, 4.69) is 15.3 Å². The summed E-state index contributed by atoms with van der Waals surface area (Å²) >= 11 is 0. The second-order valence-electron chi connectivity index (χ2n) is 3.95. The molecule has 0 spiro atoms. The lowest BCUT2D eigenvalue weighted by molar-refractivity contribution is -0.384. The molecule has 3 N–H and O–H groups in total. The molecule has 0 bridgehead atoms. The molecule has 0 unspecified atom stereocenters. The van der Waals surface area contributed by atoms with Crippen LogP contribution in [0.3, 0.4) is 0 Å². The summed E-state index contributed by atoms with van der Waals surface area (Å²) in [5.74, 6) is 0.928. The zero-order valence-corrected chi connectivity index (χ0v) is 10.7. The van der Waals surface area contributed by atoms with Gasteiger partial charge in [-0.15, -0.1) is 0 Å². The lowest BCUT2D eigenvalue weighted by Gasteiger charge is -2.07. The van der Waals surface area contributed by atoms with Crippen LogP contribution in [0.4, 0.5) is 17.3 Å². The van der Waals surface area contributed by atoms with Gasteiger partial charge < -0.3 is 15.8 Å². The summed E-state index contributed by atoms with van der Waals surface area (Å²) in [7, 11) is 1.53. The van der Waals surface area contributed by atoms with Crippen LogP contribution in [0.5, 0.6) is 5.88 Å². The summed E-state index contributed by atoms with van der Waals surface area (Å²) in [5.41, 5.74) is 6.33. The lowest BCUT2D eigenvalue weighted by Crippen LogP contribution is -2.04. The zero-order valence-electron chi connectivity index (χ0n) is 10.7. The van der Waals surface area contributed by atoms with E-state index in [-0.39, 0.29) is 11.5 Å². The van der Waals surface area contributed by atoms with Crippen molar-refractivity contribution < 1.29 is 9.66 Å². The molecule has 20 heavy (non-hydrogen) atoms. The smallest absolute Gasteiger partial charge is 0.276 e. The van der Waals surface area contributed by atoms with Gasteiger partial charge in [0.25, 0.3) is 5.69 Å². The van der Waals surface area contributed by atoms with E-state index in [1.54, 1.807) is 18.3 Å². The molecule has 0 aliphatic heterocycles. The molecule has 104 valence electrons. The van der Waals surface area contributed by atoms with Crippen LogP contribution in [-0.4, -0.2) is 22.0 Å². The summed E-state index contributed by atoms with van der Waals surface area (Å²) < 4.78 is 5.01. The largest absolute Gasteiger partial charge is 0.481 e. The Balaban J connectivity index is 2.12. The highest BCUT2D eigenvalue weighted by Gasteiger charge is 2.09. The fourth-order valence-corrected chi connectivity index (χ4v) is 1.60. The summed E-state index contributed by atoms with van der Waals surface area (Å²) in [6, 6.07) is 6.10. The Labute approximate surface area is 114 Å². The Kier molecular flexibility index (Phi) is 3.94. The third-order valence-electron chi connectivity index (χ3n) is 2.52. The monoisotopic (exact) mass is 275 g/mol. The summed E-state index contributed by atoms with van der Waals surface area (Å²) in [4.78, 5) is 18.2. The van der Waals surface area contributed by atoms with E-state index in [1.165, 1.54) is 19.2 Å². The normalized spacial score (nSPS) is 10.1. The van der Waals surface area contributed by atoms with E-state index in [1.807, 2.05) is 0 Å². The number of nitrogens with zero attached hydrogens (tertiary/aromatic N) is 3. The van der Waals surface area contributed by atoms with Gasteiger partial charge in [0.2, 0.25) is 5.88 Å². The molecule has 2 aromatic rings. The summed E-state index contributed by atoms with van der Waals surface area (Å²) in [6.07, 6.45) is 1.62. The summed E-state index contributed by atoms with van der Waals surface area (Å²) in [6.45, 7) is 0.423. The number of ether oxygens (including phenoxy) is 1. The lowest BCUT2D eigenvalue weighted by atomic mass is 10.2. The van der Waals surface area contributed by atoms with E-state index in [0.29, 0.717) is 18.2 Å². The minimum absolute atomic E-state index is 0.0917. The van der Waals surface area contributed by atoms with Gasteiger partial charge in [0.15, 0.2) is 0 Å². The van der Waals surface area contributed by atoms with Crippen molar-refractivity contribution >= 4 is 17.3 Å². The number of aromatic nitrogens is 2. The van der Waals surface area contributed by atoms with Crippen LogP contribution < -0.4 is 15.8 Å². The van der Waals surface area contributed by atoms with Crippen LogP contribution in [0, 0.1) is 10.1 Å². The van der Waals surface area contributed by atoms with Crippen molar-refractivity contribution in [1.82, 2.24) is 9.97 Å². The highest BCUT2D eigenvalue weighted by molar-refractivity contribution is 5.52. The van der Waals surface area contributed by atoms with Crippen molar-refractivity contribution in [2.45, 2.75) is 6.54 Å². The number of nitrogen functional groups attached to an aromatic ring is 1. The Morgan fingerprint density at radius 2 is 2.25 bits per heavy atom. The van der Waals surface area contributed by atoms with Gasteiger partial charge in [0.1, 0.15) is 11.6 Å². The van der Waals surface area contributed by atoms with Gasteiger partial charge >= 0.3 is 0 Å². The predicted molar refractivity (Wildman–Crippen MR) is 73.4 cm³/mol. The zero-order chi connectivity index (χ0) is 14.5. The number of rotatable bonds is 5. The van der Waals surface area contributed by atoms with E-state index in [9.17, 15) is 10.1 Å².